The van der Waals surface area contributed by atoms with Crippen LogP contribution in [0.25, 0.3) is 15.3 Å². The number of fused-ring (bicyclic) bond motifs is 1. The first-order valence-corrected chi connectivity index (χ1v) is 13.9. The van der Waals surface area contributed by atoms with Crippen molar-refractivity contribution in [2.45, 2.75) is 11.8 Å². The molecule has 38 heavy (non-hydrogen) atoms. The summed E-state index contributed by atoms with van der Waals surface area (Å²) in [5.41, 5.74) is 1.76. The molecule has 13 heteroatoms. The molecule has 0 unspecified atom stereocenters. The molecule has 0 saturated heterocycles. The largest absolute Gasteiger partial charge is 0.497 e. The quantitative estimate of drug-likeness (QED) is 0.280. The molecule has 4 rings (SSSR count). The highest BCUT2D eigenvalue weighted by molar-refractivity contribution is 7.89. The number of methoxy groups -OCH3 is 3. The minimum absolute atomic E-state index is 0.0760. The third-order valence-electron chi connectivity index (χ3n) is 5.68. The maximum Gasteiger partial charge on any atom is 0.256 e. The summed E-state index contributed by atoms with van der Waals surface area (Å²) in [7, 11) is 0.824. The first-order chi connectivity index (χ1) is 18.3. The molecular formula is C25H29N5O6S2. The van der Waals surface area contributed by atoms with Crippen molar-refractivity contribution in [3.63, 3.8) is 0 Å². The van der Waals surface area contributed by atoms with E-state index in [0.29, 0.717) is 28.0 Å². The van der Waals surface area contributed by atoms with Crippen LogP contribution in [0.3, 0.4) is 0 Å². The number of hydrogen-bond donors (Lipinski definition) is 1. The zero-order chi connectivity index (χ0) is 27.3. The molecule has 4 aromatic rings. The van der Waals surface area contributed by atoms with Crippen LogP contribution in [0.2, 0.25) is 0 Å². The van der Waals surface area contributed by atoms with Crippen LogP contribution in [-0.4, -0.2) is 81.0 Å². The molecule has 202 valence electrons. The van der Waals surface area contributed by atoms with Gasteiger partial charge in [0.2, 0.25) is 15.2 Å². The lowest BCUT2D eigenvalue weighted by molar-refractivity contribution is 0.102. The number of carbonyl (C=O) groups excluding carboxylic acids is 1. The Morgan fingerprint density at radius 2 is 1.71 bits per heavy atom. The molecule has 2 heterocycles. The Bertz CT molecular complexity index is 1510. The lowest BCUT2D eigenvalue weighted by Gasteiger charge is -2.21. The number of sulfonamides is 1. The SMILES string of the molecule is COCCN(CCOC)S(=O)(=O)c1ccc(C(=O)Nc2cc(C)nn2-c2nc3cc(OC)ccc3s2)cc1. The van der Waals surface area contributed by atoms with E-state index in [-0.39, 0.29) is 31.2 Å². The van der Waals surface area contributed by atoms with Gasteiger partial charge in [0.1, 0.15) is 11.6 Å². The Kier molecular flexibility index (Phi) is 8.74. The molecule has 0 saturated carbocycles. The van der Waals surface area contributed by atoms with E-state index in [1.807, 2.05) is 25.1 Å². The molecule has 2 aromatic heterocycles. The lowest BCUT2D eigenvalue weighted by atomic mass is 10.2. The van der Waals surface area contributed by atoms with Gasteiger partial charge in [-0.2, -0.15) is 14.1 Å². The zero-order valence-corrected chi connectivity index (χ0v) is 23.1. The van der Waals surface area contributed by atoms with Gasteiger partial charge in [0.05, 0.1) is 41.1 Å². The van der Waals surface area contributed by atoms with Gasteiger partial charge in [-0.15, -0.1) is 0 Å². The van der Waals surface area contributed by atoms with Gasteiger partial charge in [-0.25, -0.2) is 13.4 Å². The number of rotatable bonds is 12. The van der Waals surface area contributed by atoms with Crippen molar-refractivity contribution < 1.29 is 27.4 Å². The van der Waals surface area contributed by atoms with E-state index in [1.54, 1.807) is 17.9 Å². The highest BCUT2D eigenvalue weighted by Crippen LogP contribution is 2.30. The second kappa shape index (κ2) is 12.0. The Morgan fingerprint density at radius 1 is 1.03 bits per heavy atom. The Hall–Kier alpha value is -3.36. The van der Waals surface area contributed by atoms with Gasteiger partial charge in [0.25, 0.3) is 5.91 Å². The fourth-order valence-corrected chi connectivity index (χ4v) is 6.02. The first kappa shape index (κ1) is 27.7. The average molecular weight is 560 g/mol. The number of ether oxygens (including phenoxy) is 3. The summed E-state index contributed by atoms with van der Waals surface area (Å²) in [5.74, 6) is 0.736. The molecule has 0 radical (unpaired) electrons. The summed E-state index contributed by atoms with van der Waals surface area (Å²) in [6.07, 6.45) is 0. The number of nitrogens with zero attached hydrogens (tertiary/aromatic N) is 4. The summed E-state index contributed by atoms with van der Waals surface area (Å²) in [4.78, 5) is 17.8. The molecule has 1 amide bonds. The van der Waals surface area contributed by atoms with Gasteiger partial charge >= 0.3 is 0 Å². The van der Waals surface area contributed by atoms with Crippen molar-refractivity contribution in [1.29, 1.82) is 0 Å². The predicted molar refractivity (Wildman–Crippen MR) is 145 cm³/mol. The van der Waals surface area contributed by atoms with Gasteiger partial charge < -0.3 is 19.5 Å². The van der Waals surface area contributed by atoms with Crippen molar-refractivity contribution in [1.82, 2.24) is 19.1 Å². The maximum absolute atomic E-state index is 13.1. The van der Waals surface area contributed by atoms with Gasteiger partial charge in [-0.05, 0) is 43.3 Å². The highest BCUT2D eigenvalue weighted by Gasteiger charge is 2.24. The highest BCUT2D eigenvalue weighted by atomic mass is 32.2. The number of thiazole rings is 1. The number of amides is 1. The number of anilines is 1. The Morgan fingerprint density at radius 3 is 2.34 bits per heavy atom. The molecular weight excluding hydrogens is 530 g/mol. The van der Waals surface area contributed by atoms with Gasteiger partial charge in [0, 0.05) is 45.0 Å². The Balaban J connectivity index is 1.54. The molecule has 0 aliphatic rings. The number of aryl methyl sites for hydroxylation is 1. The van der Waals surface area contributed by atoms with E-state index in [1.165, 1.54) is 54.1 Å². The number of aromatic nitrogens is 3. The van der Waals surface area contributed by atoms with Crippen molar-refractivity contribution in [3.05, 3.63) is 59.8 Å². The molecule has 11 nitrogen and oxygen atoms in total. The van der Waals surface area contributed by atoms with E-state index in [2.05, 4.69) is 15.4 Å². The molecule has 0 spiro atoms. The van der Waals surface area contributed by atoms with Crippen molar-refractivity contribution in [3.8, 4) is 10.9 Å². The minimum atomic E-state index is -3.79. The fraction of sp³-hybridized carbons (Fsp3) is 0.320. The molecule has 0 fully saturated rings. The Labute approximate surface area is 225 Å². The molecule has 0 atom stereocenters. The maximum atomic E-state index is 13.1. The summed E-state index contributed by atoms with van der Waals surface area (Å²) in [6.45, 7) is 2.69. The smallest absolute Gasteiger partial charge is 0.256 e. The summed E-state index contributed by atoms with van der Waals surface area (Å²) >= 11 is 1.43. The van der Waals surface area contributed by atoms with Crippen molar-refractivity contribution >= 4 is 43.3 Å². The molecule has 0 aliphatic heterocycles. The zero-order valence-electron chi connectivity index (χ0n) is 21.5. The standard InChI is InChI=1S/C25H29N5O6S2/c1-17-15-23(30(28-17)25-26-21-16-19(36-4)7-10-22(21)37-25)27-24(31)18-5-8-20(9-6-18)38(32,33)29(11-13-34-2)12-14-35-3/h5-10,15-16H,11-14H2,1-4H3,(H,27,31). The van der Waals surface area contributed by atoms with Crippen LogP contribution in [0.4, 0.5) is 5.82 Å². The predicted octanol–water partition coefficient (Wildman–Crippen LogP) is 3.33. The third-order valence-corrected chi connectivity index (χ3v) is 8.61. The van der Waals surface area contributed by atoms with Gasteiger partial charge in [0.15, 0.2) is 0 Å². The third kappa shape index (κ3) is 6.03. The van der Waals surface area contributed by atoms with Crippen LogP contribution in [0.5, 0.6) is 5.75 Å². The average Bonchev–Trinajstić information content (AvgIpc) is 3.50. The number of hydrogen-bond acceptors (Lipinski definition) is 9. The van der Waals surface area contributed by atoms with E-state index in [9.17, 15) is 13.2 Å². The number of benzene rings is 2. The monoisotopic (exact) mass is 559 g/mol. The van der Waals surface area contributed by atoms with Crippen LogP contribution in [0, 0.1) is 6.92 Å². The van der Waals surface area contributed by atoms with Crippen molar-refractivity contribution in [2.24, 2.45) is 0 Å². The molecule has 1 N–H and O–H groups in total. The second-order valence-corrected chi connectivity index (χ2v) is 11.2. The normalized spacial score (nSPS) is 11.8. The van der Waals surface area contributed by atoms with E-state index in [4.69, 9.17) is 14.2 Å². The van der Waals surface area contributed by atoms with Crippen LogP contribution >= 0.6 is 11.3 Å². The molecule has 0 bridgehead atoms. The van der Waals surface area contributed by atoms with Crippen LogP contribution in [-0.2, 0) is 19.5 Å². The van der Waals surface area contributed by atoms with Gasteiger partial charge in [-0.1, -0.05) is 11.3 Å². The summed E-state index contributed by atoms with van der Waals surface area (Å²) < 4.78 is 45.4. The van der Waals surface area contributed by atoms with Crippen LogP contribution < -0.4 is 10.1 Å². The fourth-order valence-electron chi connectivity index (χ4n) is 3.70. The van der Waals surface area contributed by atoms with Gasteiger partial charge in [-0.3, -0.25) is 4.79 Å². The summed E-state index contributed by atoms with van der Waals surface area (Å²) in [6, 6.07) is 13.2. The first-order valence-electron chi connectivity index (χ1n) is 11.7. The summed E-state index contributed by atoms with van der Waals surface area (Å²) in [5, 5.41) is 7.94. The van der Waals surface area contributed by atoms with E-state index in [0.717, 1.165) is 10.2 Å². The topological polar surface area (TPSA) is 125 Å². The van der Waals surface area contributed by atoms with E-state index >= 15 is 0 Å². The van der Waals surface area contributed by atoms with Crippen molar-refractivity contribution in [2.75, 3.05) is 52.9 Å². The van der Waals surface area contributed by atoms with Crippen LogP contribution in [0.1, 0.15) is 16.1 Å². The van der Waals surface area contributed by atoms with Crippen LogP contribution in [0.15, 0.2) is 53.4 Å². The molecule has 2 aromatic carbocycles. The second-order valence-electron chi connectivity index (χ2n) is 8.28. The lowest BCUT2D eigenvalue weighted by Crippen LogP contribution is -2.36. The molecule has 0 aliphatic carbocycles. The number of nitrogens with one attached hydrogen (secondary N) is 1. The number of carbonyl (C=O) groups is 1. The minimum Gasteiger partial charge on any atom is -0.497 e. The van der Waals surface area contributed by atoms with E-state index < -0.39 is 15.9 Å².